The molecule has 4 rings (SSSR count). The van der Waals surface area contributed by atoms with Gasteiger partial charge in [-0.3, -0.25) is 9.48 Å². The zero-order valence-electron chi connectivity index (χ0n) is 16.0. The van der Waals surface area contributed by atoms with Crippen LogP contribution in [0.4, 0.5) is 0 Å². The van der Waals surface area contributed by atoms with E-state index in [1.54, 1.807) is 10.7 Å². The van der Waals surface area contributed by atoms with Crippen LogP contribution < -0.4 is 10.9 Å². The van der Waals surface area contributed by atoms with E-state index in [0.29, 0.717) is 23.0 Å². The normalized spacial score (nSPS) is 15.7. The van der Waals surface area contributed by atoms with E-state index in [2.05, 4.69) is 15.3 Å². The second-order valence-corrected chi connectivity index (χ2v) is 7.41. The fourth-order valence-corrected chi connectivity index (χ4v) is 3.93. The molecule has 1 aliphatic rings. The van der Waals surface area contributed by atoms with Gasteiger partial charge in [0.2, 0.25) is 5.91 Å². The van der Waals surface area contributed by atoms with Gasteiger partial charge in [-0.1, -0.05) is 25.0 Å². The monoisotopic (exact) mass is 382 g/mol. The highest BCUT2D eigenvalue weighted by Gasteiger charge is 2.15. The number of fused-ring (bicyclic) bond motifs is 3. The van der Waals surface area contributed by atoms with Crippen LogP contribution in [0.15, 0.2) is 39.7 Å². The fraction of sp³-hybridized carbons (Fsp3) is 0.476. The fourth-order valence-electron chi connectivity index (χ4n) is 3.93. The molecular weight excluding hydrogens is 356 g/mol. The van der Waals surface area contributed by atoms with Gasteiger partial charge in [0, 0.05) is 11.9 Å². The number of carbonyl (C=O) groups excluding carboxylic acids is 1. The number of nitrogens with one attached hydrogen (secondary N) is 1. The molecule has 1 aliphatic heterocycles. The van der Waals surface area contributed by atoms with E-state index in [1.165, 1.54) is 45.0 Å². The van der Waals surface area contributed by atoms with Crippen LogP contribution in [-0.4, -0.2) is 46.8 Å². The highest BCUT2D eigenvalue weighted by Crippen LogP contribution is 2.22. The zero-order chi connectivity index (χ0) is 19.3. The highest BCUT2D eigenvalue weighted by molar-refractivity contribution is 6.02. The van der Waals surface area contributed by atoms with Crippen molar-refractivity contribution in [1.82, 2.24) is 20.0 Å². The van der Waals surface area contributed by atoms with E-state index in [1.807, 2.05) is 18.2 Å². The van der Waals surface area contributed by atoms with E-state index < -0.39 is 5.63 Å². The Balaban J connectivity index is 1.38. The van der Waals surface area contributed by atoms with Crippen molar-refractivity contribution in [3.63, 3.8) is 0 Å². The van der Waals surface area contributed by atoms with Crippen molar-refractivity contribution in [1.29, 1.82) is 0 Å². The SMILES string of the molecule is O=C(Cn1ncc2c(=O)oc3ccccc3c21)NCCCN1CCCCCC1. The Morgan fingerprint density at radius 3 is 2.71 bits per heavy atom. The van der Waals surface area contributed by atoms with E-state index in [9.17, 15) is 9.59 Å². The van der Waals surface area contributed by atoms with Crippen LogP contribution in [0.5, 0.6) is 0 Å². The molecule has 0 bridgehead atoms. The van der Waals surface area contributed by atoms with Gasteiger partial charge in [0.15, 0.2) is 0 Å². The first kappa shape index (κ1) is 18.7. The van der Waals surface area contributed by atoms with Crippen molar-refractivity contribution >= 4 is 27.8 Å². The number of carbonyl (C=O) groups is 1. The average Bonchev–Trinajstić information content (AvgIpc) is 2.94. The lowest BCUT2D eigenvalue weighted by atomic mass is 10.2. The largest absolute Gasteiger partial charge is 0.422 e. The number of amides is 1. The zero-order valence-corrected chi connectivity index (χ0v) is 16.0. The summed E-state index contributed by atoms with van der Waals surface area (Å²) < 4.78 is 6.91. The number of rotatable bonds is 6. The second-order valence-electron chi connectivity index (χ2n) is 7.41. The van der Waals surface area contributed by atoms with E-state index in [-0.39, 0.29) is 12.5 Å². The lowest BCUT2D eigenvalue weighted by molar-refractivity contribution is -0.121. The standard InChI is InChI=1S/C21H26N4O3/c26-19(22-10-7-13-24-11-5-1-2-6-12-24)15-25-20-16-8-3-4-9-18(16)28-21(27)17(20)14-23-25/h3-4,8-9,14H,1-2,5-7,10-13,15H2,(H,22,26). The Morgan fingerprint density at radius 2 is 1.89 bits per heavy atom. The molecule has 0 saturated carbocycles. The Labute approximate surface area is 163 Å². The second kappa shape index (κ2) is 8.56. The molecule has 0 atom stereocenters. The molecule has 1 fully saturated rings. The Hall–Kier alpha value is -2.67. The summed E-state index contributed by atoms with van der Waals surface area (Å²) in [6.07, 6.45) is 7.63. The number of nitrogens with zero attached hydrogens (tertiary/aromatic N) is 3. The summed E-state index contributed by atoms with van der Waals surface area (Å²) >= 11 is 0. The van der Waals surface area contributed by atoms with Crippen molar-refractivity contribution in [3.05, 3.63) is 40.9 Å². The summed E-state index contributed by atoms with van der Waals surface area (Å²) in [6.45, 7) is 4.10. The lowest BCUT2D eigenvalue weighted by Gasteiger charge is -2.19. The summed E-state index contributed by atoms with van der Waals surface area (Å²) in [5, 5.41) is 8.40. The predicted octanol–water partition coefficient (Wildman–Crippen LogP) is 2.53. The van der Waals surface area contributed by atoms with Gasteiger partial charge in [0.25, 0.3) is 0 Å². The summed E-state index contributed by atoms with van der Waals surface area (Å²) in [4.78, 5) is 27.0. The number of aromatic nitrogens is 2. The molecule has 3 aromatic rings. The summed E-state index contributed by atoms with van der Waals surface area (Å²) in [7, 11) is 0. The third kappa shape index (κ3) is 4.09. The average molecular weight is 382 g/mol. The molecule has 1 aromatic carbocycles. The highest BCUT2D eigenvalue weighted by atomic mass is 16.4. The maximum absolute atomic E-state index is 12.4. The minimum atomic E-state index is -0.433. The summed E-state index contributed by atoms with van der Waals surface area (Å²) in [5.41, 5.74) is 0.712. The lowest BCUT2D eigenvalue weighted by Crippen LogP contribution is -2.32. The van der Waals surface area contributed by atoms with Crippen molar-refractivity contribution in [2.24, 2.45) is 0 Å². The Bertz CT molecular complexity index is 1020. The summed E-state index contributed by atoms with van der Waals surface area (Å²) in [5.74, 6) is -0.0989. The first-order chi connectivity index (χ1) is 13.7. The topological polar surface area (TPSA) is 80.4 Å². The van der Waals surface area contributed by atoms with Gasteiger partial charge in [-0.15, -0.1) is 0 Å². The smallest absolute Gasteiger partial charge is 0.347 e. The molecule has 0 unspecified atom stereocenters. The number of likely N-dealkylation sites (tertiary alicyclic amines) is 1. The maximum atomic E-state index is 12.4. The van der Waals surface area contributed by atoms with Gasteiger partial charge in [0.1, 0.15) is 17.5 Å². The molecule has 0 radical (unpaired) electrons. The molecule has 148 valence electrons. The minimum Gasteiger partial charge on any atom is -0.422 e. The quantitative estimate of drug-likeness (QED) is 0.523. The van der Waals surface area contributed by atoms with Gasteiger partial charge in [-0.05, 0) is 51.0 Å². The first-order valence-corrected chi connectivity index (χ1v) is 10.1. The van der Waals surface area contributed by atoms with Crippen molar-refractivity contribution < 1.29 is 9.21 Å². The number of hydrogen-bond acceptors (Lipinski definition) is 5. The maximum Gasteiger partial charge on any atom is 0.347 e. The van der Waals surface area contributed by atoms with Gasteiger partial charge < -0.3 is 14.6 Å². The molecule has 1 N–H and O–H groups in total. The van der Waals surface area contributed by atoms with Gasteiger partial charge in [-0.25, -0.2) is 4.79 Å². The van der Waals surface area contributed by atoms with Crippen molar-refractivity contribution in [3.8, 4) is 0 Å². The van der Waals surface area contributed by atoms with Crippen LogP contribution in [0.2, 0.25) is 0 Å². The Kier molecular flexibility index (Phi) is 5.71. The molecule has 1 saturated heterocycles. The van der Waals surface area contributed by atoms with Gasteiger partial charge in [-0.2, -0.15) is 5.10 Å². The van der Waals surface area contributed by atoms with Crippen LogP contribution in [0.3, 0.4) is 0 Å². The first-order valence-electron chi connectivity index (χ1n) is 10.1. The third-order valence-electron chi connectivity index (χ3n) is 5.37. The van der Waals surface area contributed by atoms with E-state index >= 15 is 0 Å². The van der Waals surface area contributed by atoms with Crippen LogP contribution >= 0.6 is 0 Å². The third-order valence-corrected chi connectivity index (χ3v) is 5.37. The van der Waals surface area contributed by atoms with Crippen LogP contribution in [0.1, 0.15) is 32.1 Å². The predicted molar refractivity (Wildman–Crippen MR) is 108 cm³/mol. The van der Waals surface area contributed by atoms with Crippen LogP contribution in [0, 0.1) is 0 Å². The minimum absolute atomic E-state index is 0.0840. The molecule has 7 nitrogen and oxygen atoms in total. The van der Waals surface area contributed by atoms with Crippen molar-refractivity contribution in [2.75, 3.05) is 26.2 Å². The number of para-hydroxylation sites is 1. The molecule has 3 heterocycles. The Morgan fingerprint density at radius 1 is 1.11 bits per heavy atom. The van der Waals surface area contributed by atoms with Crippen LogP contribution in [0.25, 0.3) is 21.9 Å². The molecule has 2 aromatic heterocycles. The number of hydrogen-bond donors (Lipinski definition) is 1. The van der Waals surface area contributed by atoms with Crippen molar-refractivity contribution in [2.45, 2.75) is 38.6 Å². The van der Waals surface area contributed by atoms with E-state index in [4.69, 9.17) is 4.42 Å². The molecule has 0 aliphatic carbocycles. The van der Waals surface area contributed by atoms with E-state index in [0.717, 1.165) is 18.4 Å². The van der Waals surface area contributed by atoms with Gasteiger partial charge in [0.05, 0.1) is 11.7 Å². The van der Waals surface area contributed by atoms with Crippen LogP contribution in [-0.2, 0) is 11.3 Å². The molecule has 0 spiro atoms. The molecular formula is C21H26N4O3. The molecule has 7 heteroatoms. The number of benzene rings is 1. The molecule has 1 amide bonds. The molecule has 28 heavy (non-hydrogen) atoms. The van der Waals surface area contributed by atoms with Gasteiger partial charge >= 0.3 is 5.63 Å². The summed E-state index contributed by atoms with van der Waals surface area (Å²) in [6, 6.07) is 7.31.